The van der Waals surface area contributed by atoms with E-state index in [1.54, 1.807) is 12.1 Å². The maximum atomic E-state index is 11.7. The molecular formula is C13H9BrINO2. The minimum Gasteiger partial charge on any atom is -0.465 e. The predicted octanol–water partition coefficient (Wildman–Crippen LogP) is 3.90. The van der Waals surface area contributed by atoms with E-state index in [9.17, 15) is 4.79 Å². The van der Waals surface area contributed by atoms with Crippen molar-refractivity contribution >= 4 is 44.5 Å². The van der Waals surface area contributed by atoms with Gasteiger partial charge in [0.1, 0.15) is 3.70 Å². The Morgan fingerprint density at radius 3 is 2.50 bits per heavy atom. The zero-order chi connectivity index (χ0) is 13.1. The highest BCUT2D eigenvalue weighted by molar-refractivity contribution is 14.1. The summed E-state index contributed by atoms with van der Waals surface area (Å²) in [5, 5.41) is 0. The van der Waals surface area contributed by atoms with E-state index in [0.29, 0.717) is 11.3 Å². The second-order valence-corrected chi connectivity index (χ2v) is 5.55. The number of rotatable bonds is 2. The number of aromatic nitrogens is 1. The number of carbonyl (C=O) groups is 1. The van der Waals surface area contributed by atoms with E-state index in [-0.39, 0.29) is 5.97 Å². The van der Waals surface area contributed by atoms with Gasteiger partial charge < -0.3 is 4.74 Å². The zero-order valence-electron chi connectivity index (χ0n) is 9.48. The second kappa shape index (κ2) is 5.79. The molecule has 0 spiro atoms. The molecule has 0 radical (unpaired) electrons. The van der Waals surface area contributed by atoms with Crippen LogP contribution < -0.4 is 0 Å². The first-order valence-corrected chi connectivity index (χ1v) is 7.00. The van der Waals surface area contributed by atoms with Crippen LogP contribution in [0.4, 0.5) is 0 Å². The van der Waals surface area contributed by atoms with Crippen LogP contribution in [0.25, 0.3) is 11.3 Å². The van der Waals surface area contributed by atoms with E-state index in [4.69, 9.17) is 4.74 Å². The number of hydrogen-bond donors (Lipinski definition) is 0. The minimum absolute atomic E-state index is 0.378. The Bertz CT molecular complexity index is 584. The summed E-state index contributed by atoms with van der Waals surface area (Å²) in [6.45, 7) is 0. The molecule has 18 heavy (non-hydrogen) atoms. The zero-order valence-corrected chi connectivity index (χ0v) is 13.2. The molecular weight excluding hydrogens is 409 g/mol. The van der Waals surface area contributed by atoms with Gasteiger partial charge in [0.25, 0.3) is 0 Å². The average Bonchev–Trinajstić information content (AvgIpc) is 2.38. The third-order valence-corrected chi connectivity index (χ3v) is 3.51. The number of esters is 1. The molecule has 1 aromatic carbocycles. The third-order valence-electron chi connectivity index (χ3n) is 2.38. The van der Waals surface area contributed by atoms with Gasteiger partial charge in [0.2, 0.25) is 0 Å². The molecule has 92 valence electrons. The number of hydrogen-bond acceptors (Lipinski definition) is 3. The smallest absolute Gasteiger partial charge is 0.340 e. The van der Waals surface area contributed by atoms with Crippen molar-refractivity contribution in [3.8, 4) is 11.3 Å². The molecule has 1 heterocycles. The van der Waals surface area contributed by atoms with Crippen molar-refractivity contribution in [2.24, 2.45) is 0 Å². The summed E-state index contributed by atoms with van der Waals surface area (Å²) in [4.78, 5) is 16.1. The summed E-state index contributed by atoms with van der Waals surface area (Å²) in [5.74, 6) is -0.378. The molecule has 0 atom stereocenters. The Kier molecular flexibility index (Phi) is 4.34. The van der Waals surface area contributed by atoms with Gasteiger partial charge in [0.05, 0.1) is 18.4 Å². The fraction of sp³-hybridized carbons (Fsp3) is 0.0769. The van der Waals surface area contributed by atoms with Crippen LogP contribution in [0.1, 0.15) is 10.4 Å². The molecule has 0 fully saturated rings. The summed E-state index contributed by atoms with van der Waals surface area (Å²) in [5.41, 5.74) is 2.00. The fourth-order valence-corrected chi connectivity index (χ4v) is 2.22. The molecule has 0 N–H and O–H groups in total. The van der Waals surface area contributed by atoms with Crippen LogP contribution in [0.15, 0.2) is 40.9 Å². The fourth-order valence-electron chi connectivity index (χ4n) is 1.54. The Hall–Kier alpha value is -0.950. The molecule has 3 nitrogen and oxygen atoms in total. The highest BCUT2D eigenvalue weighted by Gasteiger charge is 2.15. The van der Waals surface area contributed by atoms with Crippen LogP contribution in [-0.4, -0.2) is 18.1 Å². The molecule has 5 heteroatoms. The van der Waals surface area contributed by atoms with E-state index in [1.807, 2.05) is 24.3 Å². The lowest BCUT2D eigenvalue weighted by atomic mass is 10.1. The molecule has 0 amide bonds. The van der Waals surface area contributed by atoms with Gasteiger partial charge in [-0.15, -0.1) is 0 Å². The average molecular weight is 418 g/mol. The van der Waals surface area contributed by atoms with Crippen molar-refractivity contribution in [3.05, 3.63) is 50.1 Å². The highest BCUT2D eigenvalue weighted by Crippen LogP contribution is 2.25. The summed E-state index contributed by atoms with van der Waals surface area (Å²) < 4.78 is 6.59. The van der Waals surface area contributed by atoms with Gasteiger partial charge in [-0.25, -0.2) is 9.78 Å². The Morgan fingerprint density at radius 1 is 1.22 bits per heavy atom. The lowest BCUT2D eigenvalue weighted by Gasteiger charge is -2.07. The first-order chi connectivity index (χ1) is 8.61. The lowest BCUT2D eigenvalue weighted by molar-refractivity contribution is 0.0601. The number of ether oxygens (including phenoxy) is 1. The van der Waals surface area contributed by atoms with Crippen LogP contribution in [0.2, 0.25) is 0 Å². The van der Waals surface area contributed by atoms with E-state index in [2.05, 4.69) is 43.5 Å². The van der Waals surface area contributed by atoms with Gasteiger partial charge in [-0.2, -0.15) is 0 Å². The molecule has 1 aromatic heterocycles. The van der Waals surface area contributed by atoms with Crippen LogP contribution in [0, 0.1) is 3.70 Å². The van der Waals surface area contributed by atoms with Crippen LogP contribution in [-0.2, 0) is 4.74 Å². The SMILES string of the molecule is COC(=O)c1ccc(I)nc1-c1ccc(Br)cc1. The lowest BCUT2D eigenvalue weighted by Crippen LogP contribution is -2.05. The standard InChI is InChI=1S/C13H9BrINO2/c1-18-13(17)10-6-7-11(15)16-12(10)8-2-4-9(14)5-3-8/h2-7H,1H3. The number of halogens is 2. The maximum absolute atomic E-state index is 11.7. The molecule has 2 rings (SSSR count). The Labute approximate surface area is 127 Å². The van der Waals surface area contributed by atoms with Gasteiger partial charge in [-0.3, -0.25) is 0 Å². The quantitative estimate of drug-likeness (QED) is 0.422. The number of benzene rings is 1. The predicted molar refractivity (Wildman–Crippen MR) is 81.4 cm³/mol. The van der Waals surface area contributed by atoms with E-state index >= 15 is 0 Å². The Balaban J connectivity index is 2.57. The summed E-state index contributed by atoms with van der Waals surface area (Å²) in [7, 11) is 1.37. The molecule has 0 unspecified atom stereocenters. The largest absolute Gasteiger partial charge is 0.465 e. The minimum atomic E-state index is -0.378. The third kappa shape index (κ3) is 2.89. The topological polar surface area (TPSA) is 39.2 Å². The van der Waals surface area contributed by atoms with Gasteiger partial charge in [0.15, 0.2) is 0 Å². The number of nitrogens with zero attached hydrogens (tertiary/aromatic N) is 1. The number of carbonyl (C=O) groups excluding carboxylic acids is 1. The summed E-state index contributed by atoms with van der Waals surface area (Å²) >= 11 is 5.50. The first kappa shape index (κ1) is 13.5. The van der Waals surface area contributed by atoms with Crippen molar-refractivity contribution in [1.82, 2.24) is 4.98 Å². The van der Waals surface area contributed by atoms with Crippen molar-refractivity contribution in [2.75, 3.05) is 7.11 Å². The van der Waals surface area contributed by atoms with Crippen LogP contribution in [0.3, 0.4) is 0 Å². The number of methoxy groups -OCH3 is 1. The second-order valence-electron chi connectivity index (χ2n) is 3.53. The molecule has 0 saturated heterocycles. The van der Waals surface area contributed by atoms with Gasteiger partial charge in [-0.1, -0.05) is 28.1 Å². The molecule has 0 aliphatic rings. The normalized spacial score (nSPS) is 10.2. The molecule has 0 bridgehead atoms. The van der Waals surface area contributed by atoms with E-state index in [0.717, 1.165) is 13.7 Å². The van der Waals surface area contributed by atoms with Gasteiger partial charge in [-0.05, 0) is 46.9 Å². The van der Waals surface area contributed by atoms with Crippen molar-refractivity contribution in [3.63, 3.8) is 0 Å². The van der Waals surface area contributed by atoms with Crippen molar-refractivity contribution in [1.29, 1.82) is 0 Å². The highest BCUT2D eigenvalue weighted by atomic mass is 127. The summed E-state index contributed by atoms with van der Waals surface area (Å²) in [6.07, 6.45) is 0. The van der Waals surface area contributed by atoms with Crippen molar-refractivity contribution < 1.29 is 9.53 Å². The molecule has 2 aromatic rings. The van der Waals surface area contributed by atoms with Crippen LogP contribution in [0.5, 0.6) is 0 Å². The molecule has 0 aliphatic heterocycles. The molecule has 0 saturated carbocycles. The van der Waals surface area contributed by atoms with Gasteiger partial charge >= 0.3 is 5.97 Å². The van der Waals surface area contributed by atoms with E-state index < -0.39 is 0 Å². The first-order valence-electron chi connectivity index (χ1n) is 5.12. The van der Waals surface area contributed by atoms with Gasteiger partial charge in [0, 0.05) is 10.0 Å². The monoisotopic (exact) mass is 417 g/mol. The maximum Gasteiger partial charge on any atom is 0.340 e. The Morgan fingerprint density at radius 2 is 1.89 bits per heavy atom. The van der Waals surface area contributed by atoms with E-state index in [1.165, 1.54) is 7.11 Å². The van der Waals surface area contributed by atoms with Crippen LogP contribution >= 0.6 is 38.5 Å². The summed E-state index contributed by atoms with van der Waals surface area (Å²) in [6, 6.07) is 11.2. The molecule has 0 aliphatic carbocycles. The van der Waals surface area contributed by atoms with Crippen molar-refractivity contribution in [2.45, 2.75) is 0 Å². The number of pyridine rings is 1.